The Morgan fingerprint density at radius 1 is 1.43 bits per heavy atom. The average molecular weight is 219 g/mol. The van der Waals surface area contributed by atoms with Crippen LogP contribution in [0.3, 0.4) is 0 Å². The molecular formula is C10H9ClF2O. The summed E-state index contributed by atoms with van der Waals surface area (Å²) in [6.45, 7) is -1.03. The van der Waals surface area contributed by atoms with Gasteiger partial charge in [0.1, 0.15) is 5.75 Å². The first-order valence-corrected chi connectivity index (χ1v) is 4.38. The summed E-state index contributed by atoms with van der Waals surface area (Å²) >= 11 is 5.71. The van der Waals surface area contributed by atoms with E-state index in [1.54, 1.807) is 25.1 Å². The van der Waals surface area contributed by atoms with Gasteiger partial charge in [-0.05, 0) is 25.1 Å². The van der Waals surface area contributed by atoms with E-state index < -0.39 is 6.61 Å². The molecule has 1 nitrogen and oxygen atoms in total. The van der Waals surface area contributed by atoms with Crippen LogP contribution in [0.2, 0.25) is 5.02 Å². The van der Waals surface area contributed by atoms with Crippen LogP contribution in [0.4, 0.5) is 8.78 Å². The van der Waals surface area contributed by atoms with E-state index in [2.05, 4.69) is 4.74 Å². The molecule has 0 radical (unpaired) electrons. The lowest BCUT2D eigenvalue weighted by Gasteiger charge is -2.07. The molecule has 0 aliphatic rings. The van der Waals surface area contributed by atoms with Gasteiger partial charge < -0.3 is 4.74 Å². The zero-order valence-electron chi connectivity index (χ0n) is 7.51. The van der Waals surface area contributed by atoms with Crippen LogP contribution in [0.1, 0.15) is 12.5 Å². The van der Waals surface area contributed by atoms with E-state index in [1.807, 2.05) is 0 Å². The summed E-state index contributed by atoms with van der Waals surface area (Å²) in [6.07, 6.45) is 3.38. The van der Waals surface area contributed by atoms with Gasteiger partial charge in [-0.15, -0.1) is 0 Å². The second-order valence-corrected chi connectivity index (χ2v) is 3.00. The topological polar surface area (TPSA) is 9.23 Å². The molecule has 14 heavy (non-hydrogen) atoms. The molecule has 4 heteroatoms. The molecule has 0 spiro atoms. The standard InChI is InChI=1S/C10H9ClF2O/c1-2-3-7-6-8(11)4-5-9(7)14-10(12)13/h2-6,10H,1H3/b3-2+. The molecule has 0 unspecified atom stereocenters. The quantitative estimate of drug-likeness (QED) is 0.746. The van der Waals surface area contributed by atoms with E-state index in [-0.39, 0.29) is 5.75 Å². The van der Waals surface area contributed by atoms with Crippen LogP contribution in [-0.2, 0) is 0 Å². The van der Waals surface area contributed by atoms with Crippen molar-refractivity contribution in [2.24, 2.45) is 0 Å². The fourth-order valence-electron chi connectivity index (χ4n) is 1.03. The normalized spacial score (nSPS) is 11.2. The monoisotopic (exact) mass is 218 g/mol. The van der Waals surface area contributed by atoms with Crippen molar-refractivity contribution in [2.45, 2.75) is 13.5 Å². The predicted molar refractivity (Wildman–Crippen MR) is 52.8 cm³/mol. The SMILES string of the molecule is C/C=C/c1cc(Cl)ccc1OC(F)F. The van der Waals surface area contributed by atoms with Gasteiger partial charge in [-0.2, -0.15) is 8.78 Å². The minimum Gasteiger partial charge on any atom is -0.434 e. The molecule has 0 heterocycles. The van der Waals surface area contributed by atoms with E-state index >= 15 is 0 Å². The Kier molecular flexibility index (Phi) is 3.89. The highest BCUT2D eigenvalue weighted by molar-refractivity contribution is 6.30. The minimum atomic E-state index is -2.82. The van der Waals surface area contributed by atoms with Crippen LogP contribution < -0.4 is 4.74 Å². The fraction of sp³-hybridized carbons (Fsp3) is 0.200. The van der Waals surface area contributed by atoms with Crippen molar-refractivity contribution in [1.82, 2.24) is 0 Å². The van der Waals surface area contributed by atoms with Gasteiger partial charge in [0.15, 0.2) is 0 Å². The van der Waals surface area contributed by atoms with E-state index in [4.69, 9.17) is 11.6 Å². The van der Waals surface area contributed by atoms with Gasteiger partial charge in [0.05, 0.1) is 0 Å². The highest BCUT2D eigenvalue weighted by atomic mass is 35.5. The highest BCUT2D eigenvalue weighted by Gasteiger charge is 2.07. The van der Waals surface area contributed by atoms with Crippen molar-refractivity contribution in [3.63, 3.8) is 0 Å². The minimum absolute atomic E-state index is 0.127. The van der Waals surface area contributed by atoms with Crippen LogP contribution in [-0.4, -0.2) is 6.61 Å². The van der Waals surface area contributed by atoms with E-state index in [0.29, 0.717) is 10.6 Å². The Morgan fingerprint density at radius 2 is 2.14 bits per heavy atom. The summed E-state index contributed by atoms with van der Waals surface area (Å²) in [5, 5.41) is 0.486. The second-order valence-electron chi connectivity index (χ2n) is 2.56. The van der Waals surface area contributed by atoms with Gasteiger partial charge >= 0.3 is 6.61 Å². The lowest BCUT2D eigenvalue weighted by Crippen LogP contribution is -2.03. The average Bonchev–Trinajstić information content (AvgIpc) is 2.09. The first-order valence-electron chi connectivity index (χ1n) is 4.00. The maximum absolute atomic E-state index is 12.0. The first-order chi connectivity index (χ1) is 6.63. The second kappa shape index (κ2) is 4.96. The third-order valence-electron chi connectivity index (χ3n) is 1.53. The third-order valence-corrected chi connectivity index (χ3v) is 1.77. The molecule has 1 aromatic carbocycles. The smallest absolute Gasteiger partial charge is 0.387 e. The van der Waals surface area contributed by atoms with Gasteiger partial charge in [-0.3, -0.25) is 0 Å². The lowest BCUT2D eigenvalue weighted by molar-refractivity contribution is -0.0499. The summed E-state index contributed by atoms with van der Waals surface area (Å²) in [5.74, 6) is 0.127. The summed E-state index contributed by atoms with van der Waals surface area (Å²) in [6, 6.07) is 4.50. The van der Waals surface area contributed by atoms with E-state index in [0.717, 1.165) is 0 Å². The Morgan fingerprint density at radius 3 is 2.71 bits per heavy atom. The molecule has 0 atom stereocenters. The Balaban J connectivity index is 3.01. The number of alkyl halides is 2. The van der Waals surface area contributed by atoms with Gasteiger partial charge in [0.2, 0.25) is 0 Å². The van der Waals surface area contributed by atoms with Crippen LogP contribution in [0.5, 0.6) is 5.75 Å². The number of rotatable bonds is 3. The number of hydrogen-bond donors (Lipinski definition) is 0. The van der Waals surface area contributed by atoms with Gasteiger partial charge in [0.25, 0.3) is 0 Å². The van der Waals surface area contributed by atoms with Crippen molar-refractivity contribution >= 4 is 17.7 Å². The van der Waals surface area contributed by atoms with Gasteiger partial charge in [-0.25, -0.2) is 0 Å². The Hall–Kier alpha value is -1.09. The summed E-state index contributed by atoms with van der Waals surface area (Å²) in [5.41, 5.74) is 0.542. The molecule has 0 N–H and O–H groups in total. The van der Waals surface area contributed by atoms with E-state index in [9.17, 15) is 8.78 Å². The highest BCUT2D eigenvalue weighted by Crippen LogP contribution is 2.25. The molecule has 1 rings (SSSR count). The molecule has 0 bridgehead atoms. The van der Waals surface area contributed by atoms with Crippen LogP contribution in [0.15, 0.2) is 24.3 Å². The van der Waals surface area contributed by atoms with Gasteiger partial charge in [0, 0.05) is 10.6 Å². The lowest BCUT2D eigenvalue weighted by atomic mass is 10.2. The maximum Gasteiger partial charge on any atom is 0.387 e. The molecule has 0 aliphatic heterocycles. The fourth-order valence-corrected chi connectivity index (χ4v) is 1.21. The number of hydrogen-bond acceptors (Lipinski definition) is 1. The maximum atomic E-state index is 12.0. The first kappa shape index (κ1) is 11.0. The van der Waals surface area contributed by atoms with Crippen LogP contribution in [0.25, 0.3) is 6.08 Å². The molecule has 0 fully saturated rings. The number of halogens is 3. The van der Waals surface area contributed by atoms with Crippen molar-refractivity contribution in [3.8, 4) is 5.75 Å². The predicted octanol–water partition coefficient (Wildman–Crippen LogP) is 3.97. The zero-order chi connectivity index (χ0) is 10.6. The molecule has 1 aromatic rings. The Labute approximate surface area is 85.9 Å². The summed E-state index contributed by atoms with van der Waals surface area (Å²) in [4.78, 5) is 0. The molecule has 0 aliphatic carbocycles. The molecule has 0 saturated heterocycles. The van der Waals surface area contributed by atoms with Crippen molar-refractivity contribution in [1.29, 1.82) is 0 Å². The van der Waals surface area contributed by atoms with Crippen molar-refractivity contribution in [3.05, 3.63) is 34.9 Å². The number of ether oxygens (including phenoxy) is 1. The summed E-state index contributed by atoms with van der Waals surface area (Å²) in [7, 11) is 0. The molecule has 76 valence electrons. The van der Waals surface area contributed by atoms with Crippen LogP contribution in [0, 0.1) is 0 Å². The van der Waals surface area contributed by atoms with Crippen LogP contribution >= 0.6 is 11.6 Å². The molecule has 0 amide bonds. The Bertz CT molecular complexity index is 337. The number of benzene rings is 1. The van der Waals surface area contributed by atoms with Gasteiger partial charge in [-0.1, -0.05) is 23.8 Å². The molecular weight excluding hydrogens is 210 g/mol. The molecule has 0 saturated carbocycles. The largest absolute Gasteiger partial charge is 0.434 e. The third kappa shape index (κ3) is 3.00. The van der Waals surface area contributed by atoms with Crippen molar-refractivity contribution in [2.75, 3.05) is 0 Å². The number of allylic oxidation sites excluding steroid dienone is 1. The molecule has 0 aromatic heterocycles. The summed E-state index contributed by atoms with van der Waals surface area (Å²) < 4.78 is 28.2. The van der Waals surface area contributed by atoms with Crippen molar-refractivity contribution < 1.29 is 13.5 Å². The van der Waals surface area contributed by atoms with E-state index in [1.165, 1.54) is 12.1 Å². The zero-order valence-corrected chi connectivity index (χ0v) is 8.26.